The summed E-state index contributed by atoms with van der Waals surface area (Å²) in [5.41, 5.74) is 8.52. The molecule has 0 saturated carbocycles. The Morgan fingerprint density at radius 1 is 0.735 bits per heavy atom. The van der Waals surface area contributed by atoms with Crippen molar-refractivity contribution in [2.45, 2.75) is 32.6 Å². The lowest BCUT2D eigenvalue weighted by Crippen LogP contribution is -2.03. The molecule has 0 bridgehead atoms. The number of rotatable bonds is 13. The molecule has 0 aliphatic heterocycles. The smallest absolute Gasteiger partial charge is 0.336 e. The normalized spacial score (nSPS) is 10.9. The number of carbonyl (C=O) groups is 1. The maximum absolute atomic E-state index is 12.2. The highest BCUT2D eigenvalue weighted by Gasteiger charge is 2.04. The molecule has 34 heavy (non-hydrogen) atoms. The van der Waals surface area contributed by atoms with Crippen LogP contribution < -0.4 is 19.9 Å². The average molecular weight is 460 g/mol. The summed E-state index contributed by atoms with van der Waals surface area (Å²) in [6.07, 6.45) is 7.55. The second kappa shape index (κ2) is 13.9. The van der Waals surface area contributed by atoms with Gasteiger partial charge < -0.3 is 19.9 Å². The van der Waals surface area contributed by atoms with Gasteiger partial charge in [-0.3, -0.25) is 0 Å². The topological polar surface area (TPSA) is 70.8 Å². The Morgan fingerprint density at radius 3 is 1.91 bits per heavy atom. The van der Waals surface area contributed by atoms with Gasteiger partial charge >= 0.3 is 5.97 Å². The van der Waals surface area contributed by atoms with Gasteiger partial charge in [-0.1, -0.05) is 49.2 Å². The molecule has 5 nitrogen and oxygen atoms in total. The number of ether oxygens (including phenoxy) is 3. The monoisotopic (exact) mass is 459 g/mol. The van der Waals surface area contributed by atoms with Crippen LogP contribution in [0.5, 0.6) is 17.2 Å². The second-order valence-corrected chi connectivity index (χ2v) is 7.86. The van der Waals surface area contributed by atoms with Crippen LogP contribution in [0, 0.1) is 0 Å². The summed E-state index contributed by atoms with van der Waals surface area (Å²) in [6, 6.07) is 23.0. The van der Waals surface area contributed by atoms with Crippen LogP contribution in [0.15, 0.2) is 78.9 Å². The molecule has 0 aromatic heterocycles. The van der Waals surface area contributed by atoms with Crippen molar-refractivity contribution in [1.82, 2.24) is 0 Å². The number of benzene rings is 3. The molecular formula is C29H33NO4. The molecule has 0 unspecified atom stereocenters. The van der Waals surface area contributed by atoms with E-state index >= 15 is 0 Å². The Bertz CT molecular complexity index is 1030. The Labute approximate surface area is 202 Å². The van der Waals surface area contributed by atoms with Gasteiger partial charge in [0.1, 0.15) is 17.2 Å². The number of unbranched alkanes of at least 4 members (excludes halogenated alkanes) is 3. The predicted octanol–water partition coefficient (Wildman–Crippen LogP) is 6.27. The highest BCUT2D eigenvalue weighted by atomic mass is 16.5. The van der Waals surface area contributed by atoms with Crippen LogP contribution in [0.1, 0.15) is 38.2 Å². The van der Waals surface area contributed by atoms with Crippen LogP contribution in [0.4, 0.5) is 0 Å². The highest BCUT2D eigenvalue weighted by Crippen LogP contribution is 2.25. The molecule has 0 aliphatic carbocycles. The minimum absolute atomic E-state index is 0.425. The molecule has 5 heteroatoms. The lowest BCUT2D eigenvalue weighted by molar-refractivity contribution is -0.128. The van der Waals surface area contributed by atoms with Crippen molar-refractivity contribution in [3.8, 4) is 28.4 Å². The average Bonchev–Trinajstić information content (AvgIpc) is 2.87. The number of hydrogen-bond acceptors (Lipinski definition) is 5. The summed E-state index contributed by atoms with van der Waals surface area (Å²) in [5.74, 6) is 1.75. The summed E-state index contributed by atoms with van der Waals surface area (Å²) in [7, 11) is 0. The van der Waals surface area contributed by atoms with Gasteiger partial charge in [0.25, 0.3) is 0 Å². The van der Waals surface area contributed by atoms with Gasteiger partial charge in [-0.05, 0) is 85.5 Å². The summed E-state index contributed by atoms with van der Waals surface area (Å²) >= 11 is 0. The Kier molecular flexibility index (Phi) is 10.2. The lowest BCUT2D eigenvalue weighted by atomic mass is 10.1. The molecule has 0 aliphatic rings. The van der Waals surface area contributed by atoms with Gasteiger partial charge in [-0.15, -0.1) is 0 Å². The van der Waals surface area contributed by atoms with Crippen molar-refractivity contribution >= 4 is 12.0 Å². The summed E-state index contributed by atoms with van der Waals surface area (Å²) < 4.78 is 16.6. The van der Waals surface area contributed by atoms with Gasteiger partial charge in [0.15, 0.2) is 0 Å². The summed E-state index contributed by atoms with van der Waals surface area (Å²) in [6.45, 7) is 4.04. The number of hydrogen-bond donors (Lipinski definition) is 1. The van der Waals surface area contributed by atoms with E-state index in [9.17, 15) is 4.79 Å². The van der Waals surface area contributed by atoms with Gasteiger partial charge in [0, 0.05) is 6.08 Å². The first-order valence-electron chi connectivity index (χ1n) is 11.8. The summed E-state index contributed by atoms with van der Waals surface area (Å²) in [4.78, 5) is 12.2. The molecule has 2 N–H and O–H groups in total. The number of carbonyl (C=O) groups excluding carboxylic acids is 1. The lowest BCUT2D eigenvalue weighted by Gasteiger charge is -2.08. The Balaban J connectivity index is 1.47. The fraction of sp³-hybridized carbons (Fsp3) is 0.276. The summed E-state index contributed by atoms with van der Waals surface area (Å²) in [5, 5.41) is 0. The Morgan fingerprint density at radius 2 is 1.29 bits per heavy atom. The van der Waals surface area contributed by atoms with E-state index in [1.54, 1.807) is 18.2 Å². The van der Waals surface area contributed by atoms with Gasteiger partial charge in [-0.2, -0.15) is 0 Å². The quantitative estimate of drug-likeness (QED) is 0.141. The van der Waals surface area contributed by atoms with E-state index in [1.165, 1.54) is 6.08 Å². The number of esters is 1. The van der Waals surface area contributed by atoms with E-state index in [2.05, 4.69) is 0 Å². The van der Waals surface area contributed by atoms with Crippen molar-refractivity contribution in [3.63, 3.8) is 0 Å². The van der Waals surface area contributed by atoms with Crippen molar-refractivity contribution in [1.29, 1.82) is 0 Å². The zero-order valence-corrected chi connectivity index (χ0v) is 19.7. The third kappa shape index (κ3) is 8.41. The number of nitrogens with two attached hydrogens (primary N) is 1. The van der Waals surface area contributed by atoms with E-state index < -0.39 is 5.97 Å². The van der Waals surface area contributed by atoms with E-state index in [1.807, 2.05) is 67.6 Å². The molecule has 3 aromatic carbocycles. The zero-order valence-electron chi connectivity index (χ0n) is 19.7. The van der Waals surface area contributed by atoms with Crippen molar-refractivity contribution in [2.75, 3.05) is 19.8 Å². The first-order valence-corrected chi connectivity index (χ1v) is 11.8. The highest BCUT2D eigenvalue weighted by molar-refractivity contribution is 5.88. The van der Waals surface area contributed by atoms with Gasteiger partial charge in [0.2, 0.25) is 0 Å². The van der Waals surface area contributed by atoms with Crippen molar-refractivity contribution in [3.05, 3.63) is 84.4 Å². The molecule has 0 spiro atoms. The maximum Gasteiger partial charge on any atom is 0.336 e. The molecule has 0 atom stereocenters. The van der Waals surface area contributed by atoms with Crippen LogP contribution in [0.25, 0.3) is 17.2 Å². The molecule has 0 radical (unpaired) electrons. The minimum atomic E-state index is -0.425. The van der Waals surface area contributed by atoms with Crippen LogP contribution in [0.2, 0.25) is 0 Å². The fourth-order valence-corrected chi connectivity index (χ4v) is 3.41. The molecule has 178 valence electrons. The van der Waals surface area contributed by atoms with E-state index in [0.717, 1.165) is 67.0 Å². The van der Waals surface area contributed by atoms with E-state index in [0.29, 0.717) is 12.4 Å². The SMILES string of the molecule is CCOc1ccc(C=CC(=O)Oc2ccc(-c3ccc(OCCCCCCN)cc3)cc2)cc1. The van der Waals surface area contributed by atoms with E-state index in [-0.39, 0.29) is 0 Å². The molecule has 0 fully saturated rings. The second-order valence-electron chi connectivity index (χ2n) is 7.86. The fourth-order valence-electron chi connectivity index (χ4n) is 3.41. The molecule has 3 aromatic rings. The third-order valence-electron chi connectivity index (χ3n) is 5.23. The third-order valence-corrected chi connectivity index (χ3v) is 5.23. The Hall–Kier alpha value is -3.57. The zero-order chi connectivity index (χ0) is 24.0. The molecule has 0 amide bonds. The van der Waals surface area contributed by atoms with Crippen LogP contribution in [0.3, 0.4) is 0 Å². The maximum atomic E-state index is 12.2. The first-order chi connectivity index (χ1) is 16.7. The van der Waals surface area contributed by atoms with Crippen LogP contribution >= 0.6 is 0 Å². The molecule has 3 rings (SSSR count). The first kappa shape index (κ1) is 25.1. The van der Waals surface area contributed by atoms with Crippen LogP contribution in [-0.4, -0.2) is 25.7 Å². The van der Waals surface area contributed by atoms with Crippen molar-refractivity contribution in [2.24, 2.45) is 5.73 Å². The molecule has 0 heterocycles. The van der Waals surface area contributed by atoms with Gasteiger partial charge in [-0.25, -0.2) is 4.79 Å². The van der Waals surface area contributed by atoms with Gasteiger partial charge in [0.05, 0.1) is 13.2 Å². The van der Waals surface area contributed by atoms with Crippen LogP contribution in [-0.2, 0) is 4.79 Å². The minimum Gasteiger partial charge on any atom is -0.494 e. The van der Waals surface area contributed by atoms with E-state index in [4.69, 9.17) is 19.9 Å². The molecule has 0 saturated heterocycles. The van der Waals surface area contributed by atoms with Crippen molar-refractivity contribution < 1.29 is 19.0 Å². The predicted molar refractivity (Wildman–Crippen MR) is 137 cm³/mol. The standard InChI is InChI=1S/C29H33NO4/c1-2-32-26-14-7-23(8-15-26)9-20-29(31)34-28-18-12-25(13-19-28)24-10-16-27(17-11-24)33-22-6-4-3-5-21-30/h7-20H,2-6,21-22,30H2,1H3. The largest absolute Gasteiger partial charge is 0.494 e. The molecular weight excluding hydrogens is 426 g/mol.